The van der Waals surface area contributed by atoms with Gasteiger partial charge < -0.3 is 10.1 Å². The molecule has 0 fully saturated rings. The molecule has 0 aromatic heterocycles. The van der Waals surface area contributed by atoms with Gasteiger partial charge in [0.2, 0.25) is 10.0 Å². The molecule has 0 saturated heterocycles. The number of carbonyl (C=O) groups excluding carboxylic acids is 1. The molecule has 30 heavy (non-hydrogen) atoms. The summed E-state index contributed by atoms with van der Waals surface area (Å²) >= 11 is 3.34. The summed E-state index contributed by atoms with van der Waals surface area (Å²) in [6.07, 6.45) is 0. The molecule has 3 aromatic rings. The van der Waals surface area contributed by atoms with Crippen LogP contribution in [-0.4, -0.2) is 20.9 Å². The zero-order valence-electron chi connectivity index (χ0n) is 16.3. The van der Waals surface area contributed by atoms with Crippen LogP contribution in [-0.2, 0) is 21.4 Å². The number of hydrogen-bond acceptors (Lipinski definition) is 4. The van der Waals surface area contributed by atoms with Crippen LogP contribution in [0.15, 0.2) is 82.2 Å². The number of hydrogen-bond donors (Lipinski definition) is 2. The van der Waals surface area contributed by atoms with Crippen molar-refractivity contribution in [3.05, 3.63) is 88.4 Å². The highest BCUT2D eigenvalue weighted by atomic mass is 79.9. The van der Waals surface area contributed by atoms with Gasteiger partial charge in [-0.2, -0.15) is 0 Å². The fourth-order valence-corrected chi connectivity index (χ4v) is 4.05. The van der Waals surface area contributed by atoms with E-state index in [2.05, 4.69) is 26.0 Å². The molecule has 0 aliphatic rings. The maximum absolute atomic E-state index is 12.5. The molecule has 0 heterocycles. The van der Waals surface area contributed by atoms with E-state index < -0.39 is 10.0 Å². The van der Waals surface area contributed by atoms with Gasteiger partial charge in [-0.1, -0.05) is 46.3 Å². The first-order valence-electron chi connectivity index (χ1n) is 9.16. The smallest absolute Gasteiger partial charge is 0.262 e. The summed E-state index contributed by atoms with van der Waals surface area (Å²) < 4.78 is 34.1. The second kappa shape index (κ2) is 9.88. The molecule has 0 aliphatic carbocycles. The average Bonchev–Trinajstić information content (AvgIpc) is 2.74. The Hall–Kier alpha value is -2.68. The van der Waals surface area contributed by atoms with Crippen molar-refractivity contribution in [3.63, 3.8) is 0 Å². The monoisotopic (exact) mass is 488 g/mol. The van der Waals surface area contributed by atoms with Gasteiger partial charge in [-0.3, -0.25) is 4.79 Å². The Kier molecular flexibility index (Phi) is 7.25. The van der Waals surface area contributed by atoms with E-state index in [0.29, 0.717) is 17.0 Å². The van der Waals surface area contributed by atoms with E-state index in [1.54, 1.807) is 25.1 Å². The Balaban J connectivity index is 1.58. The highest BCUT2D eigenvalue weighted by Gasteiger charge is 2.16. The lowest BCUT2D eigenvalue weighted by molar-refractivity contribution is -0.118. The molecule has 8 heteroatoms. The molecule has 0 bridgehead atoms. The average molecular weight is 489 g/mol. The molecular formula is C22H21BrN2O4S. The minimum absolute atomic E-state index is 0.141. The maximum Gasteiger partial charge on any atom is 0.262 e. The van der Waals surface area contributed by atoms with E-state index in [0.717, 1.165) is 10.0 Å². The van der Waals surface area contributed by atoms with Crippen molar-refractivity contribution in [3.8, 4) is 5.75 Å². The predicted molar refractivity (Wildman–Crippen MR) is 120 cm³/mol. The molecule has 156 valence electrons. The molecule has 0 spiro atoms. The molecule has 3 rings (SSSR count). The fraction of sp³-hybridized carbons (Fsp3) is 0.136. The van der Waals surface area contributed by atoms with E-state index in [4.69, 9.17) is 4.74 Å². The lowest BCUT2D eigenvalue weighted by Gasteiger charge is -2.12. The highest BCUT2D eigenvalue weighted by molar-refractivity contribution is 9.10. The van der Waals surface area contributed by atoms with Gasteiger partial charge >= 0.3 is 0 Å². The third-order valence-corrected chi connectivity index (χ3v) is 6.18. The van der Waals surface area contributed by atoms with Crippen LogP contribution < -0.4 is 14.8 Å². The number of ether oxygens (including phenoxy) is 1. The van der Waals surface area contributed by atoms with Crippen molar-refractivity contribution >= 4 is 37.5 Å². The summed E-state index contributed by atoms with van der Waals surface area (Å²) in [7, 11) is -3.66. The summed E-state index contributed by atoms with van der Waals surface area (Å²) in [5.74, 6) is 0.140. The van der Waals surface area contributed by atoms with Crippen molar-refractivity contribution < 1.29 is 17.9 Å². The van der Waals surface area contributed by atoms with E-state index in [9.17, 15) is 13.2 Å². The number of sulfonamides is 1. The second-order valence-electron chi connectivity index (χ2n) is 6.58. The minimum Gasteiger partial charge on any atom is -0.483 e. The topological polar surface area (TPSA) is 84.5 Å². The fourth-order valence-electron chi connectivity index (χ4n) is 2.68. The number of halogens is 1. The molecular weight excluding hydrogens is 468 g/mol. The number of carbonyl (C=O) groups is 1. The van der Waals surface area contributed by atoms with Crippen molar-refractivity contribution in [2.24, 2.45) is 0 Å². The first kappa shape index (κ1) is 22.0. The Morgan fingerprint density at radius 2 is 1.70 bits per heavy atom. The standard InChI is InChI=1S/C22H21BrN2O4S/c1-16-13-20(30(27,28)24-14-17-5-3-2-4-6-17)11-12-21(16)29-15-22(26)25-19-9-7-18(23)8-10-19/h2-13,24H,14-15H2,1H3,(H,25,26). The van der Waals surface area contributed by atoms with Crippen LogP contribution in [0.25, 0.3) is 0 Å². The molecule has 2 N–H and O–H groups in total. The second-order valence-corrected chi connectivity index (χ2v) is 9.26. The van der Waals surface area contributed by atoms with Gasteiger partial charge in [0.15, 0.2) is 6.61 Å². The maximum atomic E-state index is 12.5. The van der Waals surface area contributed by atoms with Gasteiger partial charge in [0.1, 0.15) is 5.75 Å². The Morgan fingerprint density at radius 1 is 1.00 bits per heavy atom. The Labute approximate surface area is 184 Å². The van der Waals surface area contributed by atoms with E-state index in [-0.39, 0.29) is 24.0 Å². The highest BCUT2D eigenvalue weighted by Crippen LogP contribution is 2.22. The molecule has 0 aliphatic heterocycles. The SMILES string of the molecule is Cc1cc(S(=O)(=O)NCc2ccccc2)ccc1OCC(=O)Nc1ccc(Br)cc1. The lowest BCUT2D eigenvalue weighted by Crippen LogP contribution is -2.23. The number of benzene rings is 3. The quantitative estimate of drug-likeness (QED) is 0.496. The lowest BCUT2D eigenvalue weighted by atomic mass is 10.2. The third-order valence-electron chi connectivity index (χ3n) is 4.25. The minimum atomic E-state index is -3.66. The number of amides is 1. The Morgan fingerprint density at radius 3 is 2.37 bits per heavy atom. The third kappa shape index (κ3) is 6.16. The summed E-state index contributed by atoms with van der Waals surface area (Å²) in [4.78, 5) is 12.2. The van der Waals surface area contributed by atoms with Gasteiger partial charge in [0.25, 0.3) is 5.91 Å². The summed E-state index contributed by atoms with van der Waals surface area (Å²) in [5.41, 5.74) is 2.15. The number of rotatable bonds is 8. The van der Waals surface area contributed by atoms with Crippen LogP contribution >= 0.6 is 15.9 Å². The van der Waals surface area contributed by atoms with Gasteiger partial charge in [-0.25, -0.2) is 13.1 Å². The molecule has 0 saturated carbocycles. The zero-order chi connectivity index (χ0) is 21.6. The van der Waals surface area contributed by atoms with Crippen molar-refractivity contribution in [1.82, 2.24) is 4.72 Å². The van der Waals surface area contributed by atoms with Crippen molar-refractivity contribution in [1.29, 1.82) is 0 Å². The first-order valence-corrected chi connectivity index (χ1v) is 11.4. The number of nitrogens with one attached hydrogen (secondary N) is 2. The first-order chi connectivity index (χ1) is 14.3. The van der Waals surface area contributed by atoms with Crippen LogP contribution in [0.3, 0.4) is 0 Å². The van der Waals surface area contributed by atoms with E-state index >= 15 is 0 Å². The van der Waals surface area contributed by atoms with E-state index in [1.165, 1.54) is 12.1 Å². The molecule has 6 nitrogen and oxygen atoms in total. The van der Waals surface area contributed by atoms with Crippen LogP contribution in [0.5, 0.6) is 5.75 Å². The summed E-state index contributed by atoms with van der Waals surface area (Å²) in [6.45, 7) is 1.75. The van der Waals surface area contributed by atoms with Crippen LogP contribution in [0.4, 0.5) is 5.69 Å². The van der Waals surface area contributed by atoms with Gasteiger partial charge in [0.05, 0.1) is 4.90 Å². The molecule has 0 unspecified atom stereocenters. The van der Waals surface area contributed by atoms with Gasteiger partial charge in [-0.15, -0.1) is 0 Å². The van der Waals surface area contributed by atoms with Crippen LogP contribution in [0, 0.1) is 6.92 Å². The van der Waals surface area contributed by atoms with Crippen LogP contribution in [0.2, 0.25) is 0 Å². The van der Waals surface area contributed by atoms with Crippen molar-refractivity contribution in [2.75, 3.05) is 11.9 Å². The summed E-state index contributed by atoms with van der Waals surface area (Å²) in [6, 6.07) is 21.0. The van der Waals surface area contributed by atoms with Gasteiger partial charge in [0, 0.05) is 16.7 Å². The summed E-state index contributed by atoms with van der Waals surface area (Å²) in [5, 5.41) is 2.74. The van der Waals surface area contributed by atoms with Gasteiger partial charge in [-0.05, 0) is 60.5 Å². The van der Waals surface area contributed by atoms with E-state index in [1.807, 2.05) is 42.5 Å². The number of anilines is 1. The van der Waals surface area contributed by atoms with Crippen molar-refractivity contribution in [2.45, 2.75) is 18.4 Å². The Bertz CT molecular complexity index is 1120. The number of aryl methyl sites for hydroxylation is 1. The molecule has 0 atom stereocenters. The van der Waals surface area contributed by atoms with Crippen LogP contribution in [0.1, 0.15) is 11.1 Å². The zero-order valence-corrected chi connectivity index (χ0v) is 18.7. The normalized spacial score (nSPS) is 11.1. The predicted octanol–water partition coefficient (Wildman–Crippen LogP) is 4.25. The molecule has 1 amide bonds. The molecule has 0 radical (unpaired) electrons. The molecule has 3 aromatic carbocycles. The largest absolute Gasteiger partial charge is 0.483 e.